The van der Waals surface area contributed by atoms with Crippen molar-refractivity contribution in [2.24, 2.45) is 0 Å². The minimum Gasteiger partial charge on any atom is -0.488 e. The van der Waals surface area contributed by atoms with Crippen LogP contribution in [0, 0.1) is 0 Å². The monoisotopic (exact) mass is 678 g/mol. The van der Waals surface area contributed by atoms with Crippen LogP contribution in [0.3, 0.4) is 0 Å². The van der Waals surface area contributed by atoms with Gasteiger partial charge in [0.2, 0.25) is 0 Å². The van der Waals surface area contributed by atoms with Crippen LogP contribution in [0.2, 0.25) is 0 Å². The van der Waals surface area contributed by atoms with Crippen LogP contribution in [0.5, 0.6) is 11.5 Å². The predicted molar refractivity (Wildman–Crippen MR) is 182 cm³/mol. The first-order chi connectivity index (χ1) is 22.5. The van der Waals surface area contributed by atoms with Gasteiger partial charge in [-0.1, -0.05) is 66.7 Å². The van der Waals surface area contributed by atoms with E-state index in [4.69, 9.17) is 9.47 Å². The number of carbonyl (C=O) groups excluding carboxylic acids is 2. The molecule has 4 heterocycles. The van der Waals surface area contributed by atoms with Gasteiger partial charge in [0, 0.05) is 28.2 Å². The van der Waals surface area contributed by atoms with Gasteiger partial charge in [-0.25, -0.2) is 19.6 Å². The third-order valence-corrected chi connectivity index (χ3v) is 7.57. The Kier molecular flexibility index (Phi) is 9.69. The van der Waals surface area contributed by atoms with Crippen LogP contribution < -0.4 is 29.9 Å². The van der Waals surface area contributed by atoms with Gasteiger partial charge in [-0.2, -0.15) is 0 Å². The molecule has 0 saturated heterocycles. The Labute approximate surface area is 275 Å². The van der Waals surface area contributed by atoms with Crippen LogP contribution in [0.15, 0.2) is 120 Å². The maximum absolute atomic E-state index is 12.6. The molecule has 7 rings (SSSR count). The van der Waals surface area contributed by atoms with Gasteiger partial charge in [0.05, 0.1) is 13.1 Å². The van der Waals surface area contributed by atoms with Crippen LogP contribution in [0.4, 0.5) is 32.6 Å². The third kappa shape index (κ3) is 7.62. The normalized spacial score (nSPS) is 13.1. The molecular formula is C35H31BrN6O4. The summed E-state index contributed by atoms with van der Waals surface area (Å²) in [6, 6.07) is 32.3. The second-order valence-corrected chi connectivity index (χ2v) is 11.3. The molecule has 11 heteroatoms. The number of anilines is 4. The molecule has 2 aromatic heterocycles. The Hall–Kier alpha value is -5.42. The number of halogens is 1. The average Bonchev–Trinajstić information content (AvgIpc) is 3.09. The molecule has 4 amide bonds. The lowest BCUT2D eigenvalue weighted by molar-refractivity contribution is 0.249. The first-order valence-corrected chi connectivity index (χ1v) is 15.5. The number of carbonyl (C=O) groups is 2. The third-order valence-electron chi connectivity index (χ3n) is 7.14. The molecule has 2 N–H and O–H groups in total. The number of fused-ring (bicyclic) bond motifs is 2. The lowest BCUT2D eigenvalue weighted by atomic mass is 10.1. The van der Waals surface area contributed by atoms with E-state index in [2.05, 4.69) is 48.7 Å². The van der Waals surface area contributed by atoms with E-state index in [-0.39, 0.29) is 12.1 Å². The maximum Gasteiger partial charge on any atom is 0.327 e. The number of rotatable bonds is 4. The second-order valence-electron chi connectivity index (χ2n) is 10.4. The molecule has 0 spiro atoms. The van der Waals surface area contributed by atoms with Crippen LogP contribution in [0.25, 0.3) is 0 Å². The van der Waals surface area contributed by atoms with Crippen molar-refractivity contribution in [3.63, 3.8) is 0 Å². The maximum atomic E-state index is 12.6. The van der Waals surface area contributed by atoms with Gasteiger partial charge in [-0.3, -0.25) is 9.80 Å². The Bertz CT molecular complexity index is 1790. The second kappa shape index (κ2) is 14.6. The topological polar surface area (TPSA) is 109 Å². The van der Waals surface area contributed by atoms with Gasteiger partial charge in [-0.05, 0) is 69.9 Å². The highest BCUT2D eigenvalue weighted by Crippen LogP contribution is 2.33. The fourth-order valence-corrected chi connectivity index (χ4v) is 5.27. The Morgan fingerprint density at radius 3 is 1.67 bits per heavy atom. The summed E-state index contributed by atoms with van der Waals surface area (Å²) in [6.07, 6.45) is 4.24. The average molecular weight is 680 g/mol. The van der Waals surface area contributed by atoms with E-state index in [1.54, 1.807) is 16.0 Å². The van der Waals surface area contributed by atoms with Crippen LogP contribution in [-0.4, -0.2) is 48.3 Å². The quantitative estimate of drug-likeness (QED) is 0.205. The molecule has 0 unspecified atom stereocenters. The van der Waals surface area contributed by atoms with Crippen molar-refractivity contribution >= 4 is 51.0 Å². The van der Waals surface area contributed by atoms with Crippen LogP contribution in [-0.2, 0) is 6.42 Å². The molecule has 3 aromatic carbocycles. The van der Waals surface area contributed by atoms with Crippen molar-refractivity contribution in [3.05, 3.63) is 131 Å². The number of ether oxygens (including phenoxy) is 2. The van der Waals surface area contributed by atoms with Gasteiger partial charge in [0.25, 0.3) is 0 Å². The van der Waals surface area contributed by atoms with E-state index in [1.807, 2.05) is 97.2 Å². The molecule has 0 bridgehead atoms. The number of para-hydroxylation sites is 2. The standard InChI is InChI=1S/C21H19N3O2.C14H12BrN3O2/c25-21(23-18-9-5-2-6-10-18)24-11-12-26-19-14-17(15-22-20(19)24)13-16-7-3-1-4-8-16;15-10-8-12-13(16-9-10)18(6-7-20-12)14(19)17-11-4-2-1-3-5-11/h1-10,14-15H,11-13H2,(H,23,25);1-5,8-9H,6-7H2,(H,17,19). The number of nitrogens with zero attached hydrogens (tertiary/aromatic N) is 4. The molecule has 0 radical (unpaired) electrons. The van der Waals surface area contributed by atoms with Crippen LogP contribution in [0.1, 0.15) is 11.1 Å². The summed E-state index contributed by atoms with van der Waals surface area (Å²) in [4.78, 5) is 36.9. The lowest BCUT2D eigenvalue weighted by Gasteiger charge is -2.28. The fraction of sp³-hybridized carbons (Fsp3) is 0.143. The van der Waals surface area contributed by atoms with Gasteiger partial charge >= 0.3 is 12.1 Å². The summed E-state index contributed by atoms with van der Waals surface area (Å²) in [5, 5.41) is 5.75. The highest BCUT2D eigenvalue weighted by Gasteiger charge is 2.26. The van der Waals surface area contributed by atoms with Gasteiger partial charge in [0.15, 0.2) is 23.1 Å². The molecule has 10 nitrogen and oxygen atoms in total. The Morgan fingerprint density at radius 1 is 0.652 bits per heavy atom. The molecule has 2 aliphatic heterocycles. The SMILES string of the molecule is O=C(Nc1ccccc1)N1CCOc2cc(Br)cnc21.O=C(Nc1ccccc1)N1CCOc2cc(Cc3ccccc3)cnc21. The van der Waals surface area contributed by atoms with Crippen molar-refractivity contribution in [1.29, 1.82) is 0 Å². The number of hydrogen-bond acceptors (Lipinski definition) is 6. The summed E-state index contributed by atoms with van der Waals surface area (Å²) in [5.41, 5.74) is 3.78. The molecule has 0 atom stereocenters. The zero-order valence-electron chi connectivity index (χ0n) is 24.8. The van der Waals surface area contributed by atoms with Crippen molar-refractivity contribution < 1.29 is 19.1 Å². The molecule has 0 saturated carbocycles. The smallest absolute Gasteiger partial charge is 0.327 e. The first-order valence-electron chi connectivity index (χ1n) is 14.7. The number of amides is 4. The van der Waals surface area contributed by atoms with E-state index in [0.717, 1.165) is 27.8 Å². The van der Waals surface area contributed by atoms with E-state index in [9.17, 15) is 9.59 Å². The zero-order chi connectivity index (χ0) is 31.7. The molecule has 2 aliphatic rings. The number of urea groups is 2. The minimum absolute atomic E-state index is 0.205. The lowest BCUT2D eigenvalue weighted by Crippen LogP contribution is -2.41. The van der Waals surface area contributed by atoms with E-state index >= 15 is 0 Å². The van der Waals surface area contributed by atoms with Crippen molar-refractivity contribution in [1.82, 2.24) is 9.97 Å². The number of hydrogen-bond donors (Lipinski definition) is 2. The molecule has 0 aliphatic carbocycles. The van der Waals surface area contributed by atoms with E-state index in [0.29, 0.717) is 49.4 Å². The zero-order valence-corrected chi connectivity index (χ0v) is 26.4. The summed E-state index contributed by atoms with van der Waals surface area (Å²) in [6.45, 7) is 1.84. The molecule has 5 aromatic rings. The number of nitrogens with one attached hydrogen (secondary N) is 2. The van der Waals surface area contributed by atoms with Crippen LogP contribution >= 0.6 is 15.9 Å². The number of benzene rings is 3. The van der Waals surface area contributed by atoms with Gasteiger partial charge in [-0.15, -0.1) is 0 Å². The Balaban J connectivity index is 0.000000167. The molecule has 46 heavy (non-hydrogen) atoms. The predicted octanol–water partition coefficient (Wildman–Crippen LogP) is 7.38. The summed E-state index contributed by atoms with van der Waals surface area (Å²) < 4.78 is 12.1. The van der Waals surface area contributed by atoms with E-state index in [1.165, 1.54) is 5.56 Å². The largest absolute Gasteiger partial charge is 0.488 e. The van der Waals surface area contributed by atoms with Crippen molar-refractivity contribution in [3.8, 4) is 11.5 Å². The molecule has 232 valence electrons. The molecular weight excluding hydrogens is 648 g/mol. The van der Waals surface area contributed by atoms with Gasteiger partial charge in [0.1, 0.15) is 13.2 Å². The summed E-state index contributed by atoms with van der Waals surface area (Å²) in [5.74, 6) is 2.34. The summed E-state index contributed by atoms with van der Waals surface area (Å²) >= 11 is 3.34. The fourth-order valence-electron chi connectivity index (χ4n) is 4.96. The highest BCUT2D eigenvalue weighted by atomic mass is 79.9. The summed E-state index contributed by atoms with van der Waals surface area (Å²) in [7, 11) is 0. The molecule has 0 fully saturated rings. The van der Waals surface area contributed by atoms with E-state index < -0.39 is 0 Å². The first kappa shape index (κ1) is 30.6. The number of aromatic nitrogens is 2. The van der Waals surface area contributed by atoms with Crippen molar-refractivity contribution in [2.75, 3.05) is 46.7 Å². The highest BCUT2D eigenvalue weighted by molar-refractivity contribution is 9.10. The van der Waals surface area contributed by atoms with Gasteiger partial charge < -0.3 is 20.1 Å². The number of pyridine rings is 2. The Morgan fingerprint density at radius 2 is 1.13 bits per heavy atom. The van der Waals surface area contributed by atoms with Crippen molar-refractivity contribution in [2.45, 2.75) is 6.42 Å². The minimum atomic E-state index is -0.212.